The summed E-state index contributed by atoms with van der Waals surface area (Å²) in [4.78, 5) is 21.6. The quantitative estimate of drug-likeness (QED) is 0.223. The molecule has 0 heterocycles. The van der Waals surface area contributed by atoms with E-state index in [9.17, 15) is 9.59 Å². The molecule has 0 aliphatic rings. The van der Waals surface area contributed by atoms with Crippen molar-refractivity contribution >= 4 is 53.2 Å². The summed E-state index contributed by atoms with van der Waals surface area (Å²) >= 11 is 9.84. The number of nitrogens with two attached hydrogens (primary N) is 1. The first-order chi connectivity index (χ1) is 6.88. The molecule has 15 heavy (non-hydrogen) atoms. The average molecular weight is 268 g/mol. The molecule has 0 aliphatic heterocycles. The molecule has 0 saturated carbocycles. The van der Waals surface area contributed by atoms with Gasteiger partial charge in [-0.05, 0) is 6.26 Å². The standard InChI is InChI=1S/C7H12N2O3S3/c1-15-2-4(9-6(13)14)7(8,3-10)5(11)12/h3-4H,2,8H2,1H3,(H,11,12)(H2,9,13,14). The highest BCUT2D eigenvalue weighted by atomic mass is 32.2. The molecule has 0 fully saturated rings. The van der Waals surface area contributed by atoms with Crippen molar-refractivity contribution in [1.29, 1.82) is 0 Å². The van der Waals surface area contributed by atoms with Crippen LogP contribution in [-0.2, 0) is 9.59 Å². The van der Waals surface area contributed by atoms with Crippen LogP contribution in [0.1, 0.15) is 0 Å². The van der Waals surface area contributed by atoms with E-state index in [1.807, 2.05) is 0 Å². The van der Waals surface area contributed by atoms with Crippen LogP contribution in [0.3, 0.4) is 0 Å². The maximum atomic E-state index is 10.9. The summed E-state index contributed by atoms with van der Waals surface area (Å²) in [6, 6.07) is -0.785. The lowest BCUT2D eigenvalue weighted by Gasteiger charge is -2.29. The summed E-state index contributed by atoms with van der Waals surface area (Å²) in [5, 5.41) is 11.5. The number of nitrogens with one attached hydrogen (secondary N) is 1. The van der Waals surface area contributed by atoms with Gasteiger partial charge in [0.25, 0.3) is 0 Å². The van der Waals surface area contributed by atoms with Crippen molar-refractivity contribution in [1.82, 2.24) is 5.32 Å². The van der Waals surface area contributed by atoms with E-state index in [2.05, 4.69) is 30.2 Å². The molecular weight excluding hydrogens is 256 g/mol. The lowest BCUT2D eigenvalue weighted by atomic mass is 9.94. The highest BCUT2D eigenvalue weighted by Gasteiger charge is 2.42. The van der Waals surface area contributed by atoms with E-state index in [1.54, 1.807) is 6.26 Å². The minimum absolute atomic E-state index is 0.104. The van der Waals surface area contributed by atoms with Crippen LogP contribution >= 0.6 is 36.6 Å². The fourth-order valence-electron chi connectivity index (χ4n) is 0.896. The molecule has 0 amide bonds. The largest absolute Gasteiger partial charge is 0.479 e. The number of thioether (sulfide) groups is 1. The SMILES string of the molecule is CSCC(NC(=S)S)C(N)(C=O)C(=O)O. The average Bonchev–Trinajstić information content (AvgIpc) is 2.15. The van der Waals surface area contributed by atoms with Gasteiger partial charge < -0.3 is 21.0 Å². The normalized spacial score (nSPS) is 16.2. The number of thiocarbonyl (C=S) groups is 1. The Hall–Kier alpha value is -0.310. The Balaban J connectivity index is 4.91. The van der Waals surface area contributed by atoms with Gasteiger partial charge in [-0.2, -0.15) is 11.8 Å². The summed E-state index contributed by atoms with van der Waals surface area (Å²) in [5.74, 6) is -1.06. The number of aliphatic carboxylic acids is 1. The zero-order valence-electron chi connectivity index (χ0n) is 7.97. The summed E-state index contributed by atoms with van der Waals surface area (Å²) in [5.41, 5.74) is 3.49. The van der Waals surface area contributed by atoms with E-state index in [-0.39, 0.29) is 10.6 Å². The molecule has 0 spiro atoms. The number of carboxylic acids is 1. The monoisotopic (exact) mass is 268 g/mol. The molecular formula is C7H12N2O3S3. The first-order valence-electron chi connectivity index (χ1n) is 3.85. The lowest BCUT2D eigenvalue weighted by Crippen LogP contribution is -2.65. The third-order valence-electron chi connectivity index (χ3n) is 1.77. The highest BCUT2D eigenvalue weighted by Crippen LogP contribution is 2.11. The molecule has 2 atom stereocenters. The van der Waals surface area contributed by atoms with Gasteiger partial charge in [-0.25, -0.2) is 4.79 Å². The van der Waals surface area contributed by atoms with Gasteiger partial charge in [-0.1, -0.05) is 12.2 Å². The number of hydrogen-bond acceptors (Lipinski definition) is 5. The predicted octanol–water partition coefficient (Wildman–Crippen LogP) is -0.497. The molecule has 0 bridgehead atoms. The summed E-state index contributed by atoms with van der Waals surface area (Å²) < 4.78 is 0.104. The summed E-state index contributed by atoms with van der Waals surface area (Å²) in [7, 11) is 0. The molecule has 0 radical (unpaired) electrons. The van der Waals surface area contributed by atoms with Crippen LogP contribution in [0.2, 0.25) is 0 Å². The smallest absolute Gasteiger partial charge is 0.333 e. The minimum Gasteiger partial charge on any atom is -0.479 e. The fourth-order valence-corrected chi connectivity index (χ4v) is 1.89. The second kappa shape index (κ2) is 6.31. The van der Waals surface area contributed by atoms with Gasteiger partial charge in [0, 0.05) is 5.75 Å². The molecule has 0 rings (SSSR count). The van der Waals surface area contributed by atoms with Gasteiger partial charge in [0.1, 0.15) is 4.32 Å². The number of carboxylic acid groups (broad SMARTS) is 1. The van der Waals surface area contributed by atoms with Gasteiger partial charge in [-0.15, -0.1) is 12.6 Å². The Morgan fingerprint density at radius 2 is 2.40 bits per heavy atom. The fraction of sp³-hybridized carbons (Fsp3) is 0.571. The number of aldehydes is 1. The zero-order chi connectivity index (χ0) is 12.1. The molecule has 4 N–H and O–H groups in total. The van der Waals surface area contributed by atoms with E-state index < -0.39 is 17.6 Å². The second-order valence-electron chi connectivity index (χ2n) is 2.81. The number of rotatable bonds is 6. The van der Waals surface area contributed by atoms with E-state index in [0.29, 0.717) is 5.75 Å². The Kier molecular flexibility index (Phi) is 6.18. The molecule has 2 unspecified atom stereocenters. The van der Waals surface area contributed by atoms with Crippen LogP contribution in [0, 0.1) is 0 Å². The molecule has 86 valence electrons. The number of thiol groups is 1. The van der Waals surface area contributed by atoms with Crippen LogP contribution in [-0.4, -0.2) is 45.3 Å². The van der Waals surface area contributed by atoms with Crippen LogP contribution < -0.4 is 11.1 Å². The Morgan fingerprint density at radius 1 is 1.87 bits per heavy atom. The maximum Gasteiger partial charge on any atom is 0.333 e. The molecule has 8 heteroatoms. The zero-order valence-corrected chi connectivity index (χ0v) is 10.5. The maximum absolute atomic E-state index is 10.9. The van der Waals surface area contributed by atoms with E-state index in [1.165, 1.54) is 11.8 Å². The van der Waals surface area contributed by atoms with Crippen molar-refractivity contribution in [3.8, 4) is 0 Å². The highest BCUT2D eigenvalue weighted by molar-refractivity contribution is 8.11. The van der Waals surface area contributed by atoms with Crippen molar-refractivity contribution in [2.24, 2.45) is 5.73 Å². The van der Waals surface area contributed by atoms with E-state index in [4.69, 9.17) is 10.8 Å². The second-order valence-corrected chi connectivity index (χ2v) is 4.88. The molecule has 0 saturated heterocycles. The first-order valence-corrected chi connectivity index (χ1v) is 6.10. The third kappa shape index (κ3) is 3.98. The number of carbonyl (C=O) groups excluding carboxylic acids is 1. The minimum atomic E-state index is -1.99. The van der Waals surface area contributed by atoms with Crippen molar-refractivity contribution in [2.75, 3.05) is 12.0 Å². The number of hydrogen-bond donors (Lipinski definition) is 4. The Bertz CT molecular complexity index is 274. The van der Waals surface area contributed by atoms with Crippen LogP contribution in [0.4, 0.5) is 0 Å². The van der Waals surface area contributed by atoms with Crippen LogP contribution in [0.15, 0.2) is 0 Å². The first kappa shape index (κ1) is 14.7. The summed E-state index contributed by atoms with van der Waals surface area (Å²) in [6.07, 6.45) is 1.97. The predicted molar refractivity (Wildman–Crippen MR) is 67.5 cm³/mol. The van der Waals surface area contributed by atoms with Crippen molar-refractivity contribution in [3.63, 3.8) is 0 Å². The van der Waals surface area contributed by atoms with Gasteiger partial charge in [0.05, 0.1) is 6.04 Å². The van der Waals surface area contributed by atoms with Gasteiger partial charge in [0.15, 0.2) is 11.8 Å². The Morgan fingerprint density at radius 3 is 2.67 bits per heavy atom. The molecule has 5 nitrogen and oxygen atoms in total. The summed E-state index contributed by atoms with van der Waals surface area (Å²) in [6.45, 7) is 0. The van der Waals surface area contributed by atoms with Crippen LogP contribution in [0.25, 0.3) is 0 Å². The van der Waals surface area contributed by atoms with Crippen molar-refractivity contribution in [2.45, 2.75) is 11.6 Å². The van der Waals surface area contributed by atoms with Crippen molar-refractivity contribution < 1.29 is 14.7 Å². The molecule has 0 aromatic heterocycles. The molecule has 0 aromatic carbocycles. The third-order valence-corrected chi connectivity index (χ3v) is 2.69. The van der Waals surface area contributed by atoms with Crippen molar-refractivity contribution in [3.05, 3.63) is 0 Å². The molecule has 0 aromatic rings. The van der Waals surface area contributed by atoms with Gasteiger partial charge >= 0.3 is 5.97 Å². The topological polar surface area (TPSA) is 92.4 Å². The number of carbonyl (C=O) groups is 2. The Labute approximate surface area is 103 Å². The molecule has 0 aliphatic carbocycles. The van der Waals surface area contributed by atoms with Gasteiger partial charge in [-0.3, -0.25) is 0 Å². The van der Waals surface area contributed by atoms with Crippen LogP contribution in [0.5, 0.6) is 0 Å². The van der Waals surface area contributed by atoms with Gasteiger partial charge in [0.2, 0.25) is 0 Å². The van der Waals surface area contributed by atoms with E-state index in [0.717, 1.165) is 0 Å². The van der Waals surface area contributed by atoms with E-state index >= 15 is 0 Å². The lowest BCUT2D eigenvalue weighted by molar-refractivity contribution is -0.146.